The minimum atomic E-state index is -0.123. The van der Waals surface area contributed by atoms with Crippen LogP contribution in [-0.2, 0) is 0 Å². The third-order valence-electron chi connectivity index (χ3n) is 2.11. The highest BCUT2D eigenvalue weighted by atomic mass is 32.2. The van der Waals surface area contributed by atoms with Gasteiger partial charge in [0, 0.05) is 29.8 Å². The van der Waals surface area contributed by atoms with E-state index in [2.05, 4.69) is 11.9 Å². The zero-order chi connectivity index (χ0) is 9.84. The maximum absolute atomic E-state index is 13.6. The summed E-state index contributed by atoms with van der Waals surface area (Å²) in [5.74, 6) is 1.51. The zero-order valence-electron chi connectivity index (χ0n) is 7.98. The van der Waals surface area contributed by atoms with Gasteiger partial charge in [-0.25, -0.2) is 4.39 Å². The largest absolute Gasteiger partial charge is 0.389 e. The molecule has 0 bridgehead atoms. The normalized spacial score (nSPS) is 18.7. The van der Waals surface area contributed by atoms with Crippen LogP contribution in [0.1, 0.15) is 6.92 Å². The Labute approximate surface area is 82.8 Å². The Bertz CT molecular complexity index is 279. The van der Waals surface area contributed by atoms with Crippen LogP contribution < -0.4 is 5.32 Å². The third kappa shape index (κ3) is 2.15. The molecule has 1 aliphatic heterocycles. The van der Waals surface area contributed by atoms with Crippen molar-refractivity contribution < 1.29 is 4.39 Å². The van der Waals surface area contributed by atoms with Gasteiger partial charge in [0.1, 0.15) is 5.83 Å². The van der Waals surface area contributed by atoms with Gasteiger partial charge in [-0.15, -0.1) is 0 Å². The van der Waals surface area contributed by atoms with Crippen molar-refractivity contribution in [3.8, 4) is 0 Å². The second kappa shape index (κ2) is 4.51. The van der Waals surface area contributed by atoms with Crippen molar-refractivity contribution in [2.45, 2.75) is 6.92 Å². The summed E-state index contributed by atoms with van der Waals surface area (Å²) >= 11 is 1.72. The van der Waals surface area contributed by atoms with Crippen LogP contribution in [0.4, 0.5) is 4.39 Å². The average Bonchev–Trinajstić information content (AvgIpc) is 2.62. The highest BCUT2D eigenvalue weighted by Gasteiger charge is 2.17. The molecule has 72 valence electrons. The topological polar surface area (TPSA) is 12.0 Å². The molecule has 0 saturated heterocycles. The highest BCUT2D eigenvalue weighted by Crippen LogP contribution is 2.31. The molecule has 1 rings (SSSR count). The fourth-order valence-corrected chi connectivity index (χ4v) is 2.30. The quantitative estimate of drug-likeness (QED) is 0.750. The lowest BCUT2D eigenvalue weighted by Crippen LogP contribution is -2.05. The van der Waals surface area contributed by atoms with Crippen molar-refractivity contribution >= 4 is 11.8 Å². The van der Waals surface area contributed by atoms with Crippen molar-refractivity contribution in [2.75, 3.05) is 18.6 Å². The second-order valence-corrected chi connectivity index (χ2v) is 3.88. The van der Waals surface area contributed by atoms with E-state index >= 15 is 0 Å². The van der Waals surface area contributed by atoms with Crippen molar-refractivity contribution in [3.63, 3.8) is 0 Å². The maximum Gasteiger partial charge on any atom is 0.146 e. The molecule has 1 N–H and O–H groups in total. The standard InChI is InChI=1S/C10H14FNS/c1-4-8-5-13-6-9(8)10(11)7(2)12-3/h4,12H,1,5-6H2,2-3H3/b10-7-. The molecule has 0 atom stereocenters. The lowest BCUT2D eigenvalue weighted by atomic mass is 10.1. The first-order valence-electron chi connectivity index (χ1n) is 4.17. The maximum atomic E-state index is 13.6. The Kier molecular flexibility index (Phi) is 3.60. The molecule has 0 unspecified atom stereocenters. The van der Waals surface area contributed by atoms with Crippen molar-refractivity contribution in [1.82, 2.24) is 5.32 Å². The molecule has 0 amide bonds. The number of halogens is 1. The van der Waals surface area contributed by atoms with Crippen LogP contribution in [0.5, 0.6) is 0 Å². The molecule has 0 saturated carbocycles. The summed E-state index contributed by atoms with van der Waals surface area (Å²) in [6, 6.07) is 0. The summed E-state index contributed by atoms with van der Waals surface area (Å²) in [6.45, 7) is 5.42. The number of rotatable bonds is 3. The van der Waals surface area contributed by atoms with E-state index in [1.807, 2.05) is 0 Å². The number of hydrogen-bond donors (Lipinski definition) is 1. The number of thioether (sulfide) groups is 1. The summed E-state index contributed by atoms with van der Waals surface area (Å²) in [4.78, 5) is 0. The molecule has 3 heteroatoms. The van der Waals surface area contributed by atoms with Crippen LogP contribution in [0.25, 0.3) is 0 Å². The number of allylic oxidation sites excluding steroid dienone is 3. The molecule has 0 aliphatic carbocycles. The predicted octanol–water partition coefficient (Wildman–Crippen LogP) is 2.64. The Morgan fingerprint density at radius 1 is 1.62 bits per heavy atom. The predicted molar refractivity (Wildman–Crippen MR) is 57.4 cm³/mol. The smallest absolute Gasteiger partial charge is 0.146 e. The fraction of sp³-hybridized carbons (Fsp3) is 0.400. The Morgan fingerprint density at radius 3 is 2.85 bits per heavy atom. The van der Waals surface area contributed by atoms with E-state index in [1.165, 1.54) is 0 Å². The molecule has 0 aromatic carbocycles. The SMILES string of the molecule is C=CC1=C(/C(F)=C(\C)NC)CSC1. The van der Waals surface area contributed by atoms with E-state index in [4.69, 9.17) is 0 Å². The van der Waals surface area contributed by atoms with E-state index in [1.54, 1.807) is 31.8 Å². The Balaban J connectivity index is 3.00. The van der Waals surface area contributed by atoms with Gasteiger partial charge in [-0.3, -0.25) is 0 Å². The van der Waals surface area contributed by atoms with Gasteiger partial charge < -0.3 is 5.32 Å². The van der Waals surface area contributed by atoms with Gasteiger partial charge in [0.15, 0.2) is 0 Å². The molecule has 0 radical (unpaired) electrons. The Hall–Kier alpha value is -0.700. The first-order chi connectivity index (χ1) is 6.20. The van der Waals surface area contributed by atoms with Gasteiger partial charge >= 0.3 is 0 Å². The summed E-state index contributed by atoms with van der Waals surface area (Å²) < 4.78 is 13.6. The van der Waals surface area contributed by atoms with Crippen LogP contribution in [0.15, 0.2) is 35.3 Å². The second-order valence-electron chi connectivity index (χ2n) is 2.89. The molecule has 1 aliphatic rings. The zero-order valence-corrected chi connectivity index (χ0v) is 8.80. The molecule has 0 fully saturated rings. The monoisotopic (exact) mass is 199 g/mol. The van der Waals surface area contributed by atoms with Crippen LogP contribution >= 0.6 is 11.8 Å². The van der Waals surface area contributed by atoms with E-state index < -0.39 is 0 Å². The molecular formula is C10H14FNS. The van der Waals surface area contributed by atoms with E-state index in [0.717, 1.165) is 22.7 Å². The molecule has 0 aromatic heterocycles. The van der Waals surface area contributed by atoms with Crippen molar-refractivity contribution in [3.05, 3.63) is 35.3 Å². The minimum Gasteiger partial charge on any atom is -0.389 e. The lowest BCUT2D eigenvalue weighted by Gasteiger charge is -2.05. The molecular weight excluding hydrogens is 185 g/mol. The fourth-order valence-electron chi connectivity index (χ4n) is 1.17. The van der Waals surface area contributed by atoms with Crippen LogP contribution in [0, 0.1) is 0 Å². The van der Waals surface area contributed by atoms with Crippen LogP contribution in [-0.4, -0.2) is 18.6 Å². The highest BCUT2D eigenvalue weighted by molar-refractivity contribution is 7.99. The van der Waals surface area contributed by atoms with E-state index in [0.29, 0.717) is 5.70 Å². The number of nitrogens with one attached hydrogen (secondary N) is 1. The van der Waals surface area contributed by atoms with Gasteiger partial charge in [0.25, 0.3) is 0 Å². The van der Waals surface area contributed by atoms with Crippen LogP contribution in [0.3, 0.4) is 0 Å². The van der Waals surface area contributed by atoms with E-state index in [9.17, 15) is 4.39 Å². The number of hydrogen-bond acceptors (Lipinski definition) is 2. The molecule has 13 heavy (non-hydrogen) atoms. The lowest BCUT2D eigenvalue weighted by molar-refractivity contribution is 0.626. The van der Waals surface area contributed by atoms with Gasteiger partial charge in [-0.05, 0) is 12.5 Å². The molecule has 0 aromatic rings. The Morgan fingerprint density at radius 2 is 2.31 bits per heavy atom. The summed E-state index contributed by atoms with van der Waals surface area (Å²) in [5.41, 5.74) is 2.42. The molecule has 0 spiro atoms. The average molecular weight is 199 g/mol. The van der Waals surface area contributed by atoms with Crippen molar-refractivity contribution in [1.29, 1.82) is 0 Å². The van der Waals surface area contributed by atoms with Crippen LogP contribution in [0.2, 0.25) is 0 Å². The summed E-state index contributed by atoms with van der Waals surface area (Å²) in [5, 5.41) is 2.81. The van der Waals surface area contributed by atoms with Gasteiger partial charge in [-0.2, -0.15) is 11.8 Å². The molecule has 1 heterocycles. The first kappa shape index (κ1) is 10.4. The summed E-state index contributed by atoms with van der Waals surface area (Å²) in [7, 11) is 1.73. The van der Waals surface area contributed by atoms with Gasteiger partial charge in [0.05, 0.1) is 0 Å². The van der Waals surface area contributed by atoms with Gasteiger partial charge in [0.2, 0.25) is 0 Å². The summed E-state index contributed by atoms with van der Waals surface area (Å²) in [6.07, 6.45) is 1.75. The first-order valence-corrected chi connectivity index (χ1v) is 5.33. The minimum absolute atomic E-state index is 0.123. The third-order valence-corrected chi connectivity index (χ3v) is 3.12. The molecule has 1 nitrogen and oxygen atoms in total. The van der Waals surface area contributed by atoms with Crippen molar-refractivity contribution in [2.24, 2.45) is 0 Å². The van der Waals surface area contributed by atoms with E-state index in [-0.39, 0.29) is 5.83 Å². The van der Waals surface area contributed by atoms with Gasteiger partial charge in [-0.1, -0.05) is 12.7 Å².